The molecular weight excluding hydrogens is 372 g/mol. The zero-order valence-electron chi connectivity index (χ0n) is 11.1. The molecule has 0 saturated heterocycles. The van der Waals surface area contributed by atoms with Crippen molar-refractivity contribution in [3.8, 4) is 0 Å². The summed E-state index contributed by atoms with van der Waals surface area (Å²) in [4.78, 5) is 12.6. The fourth-order valence-electron chi connectivity index (χ4n) is 1.79. The average Bonchev–Trinajstić information content (AvgIpc) is 2.43. The van der Waals surface area contributed by atoms with Crippen LogP contribution < -0.4 is 11.1 Å². The highest BCUT2D eigenvalue weighted by atomic mass is 79.9. The van der Waals surface area contributed by atoms with Crippen LogP contribution in [0.5, 0.6) is 0 Å². The first-order valence-corrected chi connectivity index (χ1v) is 7.64. The minimum atomic E-state index is -0.257. The molecule has 2 aromatic carbocycles. The van der Waals surface area contributed by atoms with E-state index in [9.17, 15) is 4.79 Å². The molecule has 0 bridgehead atoms. The van der Waals surface area contributed by atoms with Crippen LogP contribution >= 0.6 is 39.7 Å². The lowest BCUT2D eigenvalue weighted by Gasteiger charge is -2.11. The molecule has 0 radical (unpaired) electrons. The van der Waals surface area contributed by atoms with Crippen molar-refractivity contribution >= 4 is 56.3 Å². The number of anilines is 1. The van der Waals surface area contributed by atoms with Gasteiger partial charge in [-0.2, -0.15) is 0 Å². The third-order valence-corrected chi connectivity index (χ3v) is 4.55. The number of rotatable bonds is 3. The van der Waals surface area contributed by atoms with Crippen molar-refractivity contribution in [3.05, 3.63) is 62.6 Å². The minimum Gasteiger partial charge on any atom is -0.389 e. The standard InChI is InChI=1S/C15H12BrClN2OS/c1-8-3-2-4-10(13(8)16)15(20)19-12-7-9(14(18)21)5-6-11(12)17/h2-7H,1H3,(H2,18,21)(H,19,20). The number of halogens is 2. The van der Waals surface area contributed by atoms with Gasteiger partial charge in [-0.3, -0.25) is 4.79 Å². The first-order valence-electron chi connectivity index (χ1n) is 6.06. The van der Waals surface area contributed by atoms with Crippen LogP contribution in [0.2, 0.25) is 5.02 Å². The molecule has 0 atom stereocenters. The highest BCUT2D eigenvalue weighted by molar-refractivity contribution is 9.10. The molecule has 2 aromatic rings. The highest BCUT2D eigenvalue weighted by Crippen LogP contribution is 2.26. The van der Waals surface area contributed by atoms with Crippen LogP contribution in [0, 0.1) is 6.92 Å². The summed E-state index contributed by atoms with van der Waals surface area (Å²) in [6, 6.07) is 10.5. The van der Waals surface area contributed by atoms with Gasteiger partial charge in [-0.05, 0) is 46.6 Å². The fourth-order valence-corrected chi connectivity index (χ4v) is 2.52. The second-order valence-corrected chi connectivity index (χ2v) is 6.09. The third-order valence-electron chi connectivity index (χ3n) is 2.94. The monoisotopic (exact) mass is 382 g/mol. The van der Waals surface area contributed by atoms with E-state index in [0.717, 1.165) is 10.0 Å². The minimum absolute atomic E-state index is 0.249. The van der Waals surface area contributed by atoms with Crippen molar-refractivity contribution in [2.45, 2.75) is 6.92 Å². The Hall–Kier alpha value is -1.43. The van der Waals surface area contributed by atoms with Crippen LogP contribution in [0.4, 0.5) is 5.69 Å². The van der Waals surface area contributed by atoms with Gasteiger partial charge >= 0.3 is 0 Å². The molecule has 21 heavy (non-hydrogen) atoms. The molecule has 0 unspecified atom stereocenters. The molecule has 3 nitrogen and oxygen atoms in total. The topological polar surface area (TPSA) is 55.1 Å². The van der Waals surface area contributed by atoms with Gasteiger partial charge < -0.3 is 11.1 Å². The number of carbonyl (C=O) groups excluding carboxylic acids is 1. The van der Waals surface area contributed by atoms with E-state index in [2.05, 4.69) is 21.2 Å². The maximum Gasteiger partial charge on any atom is 0.256 e. The van der Waals surface area contributed by atoms with Gasteiger partial charge in [0.25, 0.3) is 5.91 Å². The van der Waals surface area contributed by atoms with Crippen molar-refractivity contribution in [2.24, 2.45) is 5.73 Å². The van der Waals surface area contributed by atoms with Crippen LogP contribution in [-0.4, -0.2) is 10.9 Å². The van der Waals surface area contributed by atoms with E-state index < -0.39 is 0 Å². The lowest BCUT2D eigenvalue weighted by molar-refractivity contribution is 0.102. The molecule has 0 aliphatic heterocycles. The molecule has 0 aromatic heterocycles. The fraction of sp³-hybridized carbons (Fsp3) is 0.0667. The zero-order valence-corrected chi connectivity index (χ0v) is 14.3. The lowest BCUT2D eigenvalue weighted by Crippen LogP contribution is -2.15. The Bertz CT molecular complexity index is 734. The Morgan fingerprint density at radius 1 is 1.33 bits per heavy atom. The molecule has 0 fully saturated rings. The summed E-state index contributed by atoms with van der Waals surface area (Å²) < 4.78 is 0.754. The first kappa shape index (κ1) is 15.9. The predicted octanol–water partition coefficient (Wildman–Crippen LogP) is 4.30. The van der Waals surface area contributed by atoms with Crippen LogP contribution in [0.1, 0.15) is 21.5 Å². The number of benzene rings is 2. The van der Waals surface area contributed by atoms with Crippen LogP contribution in [-0.2, 0) is 0 Å². The smallest absolute Gasteiger partial charge is 0.256 e. The Morgan fingerprint density at radius 3 is 2.71 bits per heavy atom. The summed E-state index contributed by atoms with van der Waals surface area (Å²) in [6.07, 6.45) is 0. The summed E-state index contributed by atoms with van der Waals surface area (Å²) in [5.41, 5.74) is 8.22. The number of hydrogen-bond acceptors (Lipinski definition) is 2. The van der Waals surface area contributed by atoms with E-state index in [0.29, 0.717) is 21.8 Å². The van der Waals surface area contributed by atoms with E-state index in [1.807, 2.05) is 19.1 Å². The molecule has 0 aliphatic carbocycles. The molecule has 2 rings (SSSR count). The first-order chi connectivity index (χ1) is 9.90. The van der Waals surface area contributed by atoms with Gasteiger partial charge in [0.1, 0.15) is 4.99 Å². The van der Waals surface area contributed by atoms with Gasteiger partial charge in [0.05, 0.1) is 16.3 Å². The Balaban J connectivity index is 2.33. The molecule has 0 aliphatic rings. The van der Waals surface area contributed by atoms with Crippen molar-refractivity contribution < 1.29 is 4.79 Å². The molecule has 0 saturated carbocycles. The second-order valence-electron chi connectivity index (χ2n) is 4.45. The quantitative estimate of drug-likeness (QED) is 0.777. The molecule has 0 spiro atoms. The van der Waals surface area contributed by atoms with Crippen molar-refractivity contribution in [3.63, 3.8) is 0 Å². The summed E-state index contributed by atoms with van der Waals surface area (Å²) in [6.45, 7) is 1.92. The van der Waals surface area contributed by atoms with E-state index >= 15 is 0 Å². The Labute approximate surface area is 141 Å². The van der Waals surface area contributed by atoms with Crippen molar-refractivity contribution in [1.82, 2.24) is 0 Å². The van der Waals surface area contributed by atoms with E-state index in [-0.39, 0.29) is 10.9 Å². The molecule has 108 valence electrons. The second kappa shape index (κ2) is 6.56. The SMILES string of the molecule is Cc1cccc(C(=O)Nc2cc(C(N)=S)ccc2Cl)c1Br. The summed E-state index contributed by atoms with van der Waals surface area (Å²) in [5, 5.41) is 3.20. The molecule has 1 amide bonds. The van der Waals surface area contributed by atoms with Crippen LogP contribution in [0.25, 0.3) is 0 Å². The van der Waals surface area contributed by atoms with Gasteiger partial charge in [-0.1, -0.05) is 42.0 Å². The summed E-state index contributed by atoms with van der Waals surface area (Å²) in [7, 11) is 0. The number of thiocarbonyl (C=S) groups is 1. The number of nitrogens with one attached hydrogen (secondary N) is 1. The zero-order chi connectivity index (χ0) is 15.6. The van der Waals surface area contributed by atoms with Gasteiger partial charge in [0.15, 0.2) is 0 Å². The van der Waals surface area contributed by atoms with Crippen molar-refractivity contribution in [2.75, 3.05) is 5.32 Å². The van der Waals surface area contributed by atoms with Gasteiger partial charge in [0.2, 0.25) is 0 Å². The van der Waals surface area contributed by atoms with Gasteiger partial charge in [-0.15, -0.1) is 0 Å². The van der Waals surface area contributed by atoms with Crippen LogP contribution in [0.3, 0.4) is 0 Å². The van der Waals surface area contributed by atoms with Gasteiger partial charge in [0, 0.05) is 10.0 Å². The Kier molecular flexibility index (Phi) is 4.98. The molecule has 0 heterocycles. The lowest BCUT2D eigenvalue weighted by atomic mass is 10.1. The predicted molar refractivity (Wildman–Crippen MR) is 94.2 cm³/mol. The maximum absolute atomic E-state index is 12.4. The number of carbonyl (C=O) groups is 1. The molecular formula is C15H12BrClN2OS. The van der Waals surface area contributed by atoms with E-state index in [1.54, 1.807) is 24.3 Å². The summed E-state index contributed by atoms with van der Waals surface area (Å²) >= 11 is 14.4. The molecule has 3 N–H and O–H groups in total. The Morgan fingerprint density at radius 2 is 2.05 bits per heavy atom. The summed E-state index contributed by atoms with van der Waals surface area (Å²) in [5.74, 6) is -0.257. The number of hydrogen-bond donors (Lipinski definition) is 2. The van der Waals surface area contributed by atoms with Gasteiger partial charge in [-0.25, -0.2) is 0 Å². The third kappa shape index (κ3) is 3.61. The maximum atomic E-state index is 12.4. The highest BCUT2D eigenvalue weighted by Gasteiger charge is 2.13. The van der Waals surface area contributed by atoms with E-state index in [4.69, 9.17) is 29.6 Å². The normalized spacial score (nSPS) is 10.2. The largest absolute Gasteiger partial charge is 0.389 e. The van der Waals surface area contributed by atoms with Crippen molar-refractivity contribution in [1.29, 1.82) is 0 Å². The average molecular weight is 384 g/mol. The molecule has 6 heteroatoms. The van der Waals surface area contributed by atoms with E-state index in [1.165, 1.54) is 0 Å². The number of nitrogens with two attached hydrogens (primary N) is 1. The number of aryl methyl sites for hydroxylation is 1. The number of amides is 1. The van der Waals surface area contributed by atoms with Crippen LogP contribution in [0.15, 0.2) is 40.9 Å².